The van der Waals surface area contributed by atoms with E-state index in [1.165, 1.54) is 11.3 Å². The van der Waals surface area contributed by atoms with Crippen molar-refractivity contribution in [3.05, 3.63) is 76.2 Å². The molecule has 0 unspecified atom stereocenters. The van der Waals surface area contributed by atoms with Crippen LogP contribution < -0.4 is 10.1 Å². The van der Waals surface area contributed by atoms with Gasteiger partial charge in [0.05, 0.1) is 18.7 Å². The Kier molecular flexibility index (Phi) is 6.38. The molecule has 162 valence electrons. The van der Waals surface area contributed by atoms with Crippen molar-refractivity contribution in [3.63, 3.8) is 0 Å². The normalized spacial score (nSPS) is 12.4. The monoisotopic (exact) mass is 447 g/mol. The predicted octanol–water partition coefficient (Wildman–Crippen LogP) is 5.18. The van der Waals surface area contributed by atoms with E-state index in [1.807, 2.05) is 30.3 Å². The summed E-state index contributed by atoms with van der Waals surface area (Å²) in [6.07, 6.45) is 0.176. The lowest BCUT2D eigenvalue weighted by atomic mass is 10.0. The lowest BCUT2D eigenvalue weighted by molar-refractivity contribution is 0.102. The molecule has 32 heavy (non-hydrogen) atoms. The summed E-state index contributed by atoms with van der Waals surface area (Å²) >= 11 is 1.32. The third-order valence-corrected chi connectivity index (χ3v) is 6.13. The fourth-order valence-corrected chi connectivity index (χ4v) is 4.69. The van der Waals surface area contributed by atoms with Crippen LogP contribution in [-0.2, 0) is 17.7 Å². The molecule has 0 spiro atoms. The first-order valence-corrected chi connectivity index (χ1v) is 11.0. The number of ether oxygens (including phenoxy) is 2. The highest BCUT2D eigenvalue weighted by Crippen LogP contribution is 2.37. The molecule has 8 heteroatoms. The Hall–Kier alpha value is -3.83. The van der Waals surface area contributed by atoms with Gasteiger partial charge in [-0.25, -0.2) is 4.79 Å². The highest BCUT2D eigenvalue weighted by molar-refractivity contribution is 7.16. The Bertz CT molecular complexity index is 1180. The molecule has 0 radical (unpaired) electrons. The van der Waals surface area contributed by atoms with E-state index in [1.54, 1.807) is 36.1 Å². The van der Waals surface area contributed by atoms with Gasteiger partial charge in [0.15, 0.2) is 0 Å². The number of rotatable bonds is 5. The Morgan fingerprint density at radius 1 is 1.16 bits per heavy atom. The van der Waals surface area contributed by atoms with Crippen molar-refractivity contribution < 1.29 is 19.1 Å². The van der Waals surface area contributed by atoms with Crippen molar-refractivity contribution in [1.29, 1.82) is 5.26 Å². The van der Waals surface area contributed by atoms with E-state index in [0.29, 0.717) is 53.7 Å². The van der Waals surface area contributed by atoms with E-state index in [-0.39, 0.29) is 12.0 Å². The van der Waals surface area contributed by atoms with Crippen LogP contribution in [0.2, 0.25) is 0 Å². The van der Waals surface area contributed by atoms with Crippen molar-refractivity contribution in [2.75, 3.05) is 18.5 Å². The summed E-state index contributed by atoms with van der Waals surface area (Å²) in [5, 5.41) is 13.0. The van der Waals surface area contributed by atoms with Gasteiger partial charge in [0.2, 0.25) is 0 Å². The van der Waals surface area contributed by atoms with Gasteiger partial charge in [0.25, 0.3) is 5.91 Å². The van der Waals surface area contributed by atoms with Crippen LogP contribution in [0.4, 0.5) is 9.80 Å². The molecular weight excluding hydrogens is 426 g/mol. The van der Waals surface area contributed by atoms with Crippen LogP contribution in [0.5, 0.6) is 11.5 Å². The first kappa shape index (κ1) is 21.4. The quantitative estimate of drug-likeness (QED) is 0.582. The summed E-state index contributed by atoms with van der Waals surface area (Å²) in [5.41, 5.74) is 1.76. The Labute approximate surface area is 189 Å². The van der Waals surface area contributed by atoms with Crippen molar-refractivity contribution in [1.82, 2.24) is 4.90 Å². The molecule has 0 fully saturated rings. The summed E-state index contributed by atoms with van der Waals surface area (Å²) < 4.78 is 10.9. The van der Waals surface area contributed by atoms with Gasteiger partial charge in [0, 0.05) is 17.0 Å². The molecule has 0 saturated carbocycles. The van der Waals surface area contributed by atoms with Crippen LogP contribution in [0.3, 0.4) is 0 Å². The average Bonchev–Trinajstić information content (AvgIpc) is 3.16. The number of thiophene rings is 1. The first-order chi connectivity index (χ1) is 15.6. The standard InChI is InChI=1S/C24H21N3O4S/c1-2-30-24(29)27-12-11-19-20(14-25)23(32-21(19)15-27)26-22(28)16-7-6-10-18(13-16)31-17-8-4-3-5-9-17/h3-10,13H,2,11-12,15H2,1H3,(H,26,28). The summed E-state index contributed by atoms with van der Waals surface area (Å²) in [6.45, 7) is 2.91. The zero-order chi connectivity index (χ0) is 22.5. The molecule has 2 heterocycles. The number of carbonyl (C=O) groups excluding carboxylic acids is 2. The molecule has 0 aliphatic carbocycles. The first-order valence-electron chi connectivity index (χ1n) is 10.2. The Morgan fingerprint density at radius 3 is 2.69 bits per heavy atom. The number of nitrogens with one attached hydrogen (secondary N) is 1. The van der Waals surface area contributed by atoms with Gasteiger partial charge in [-0.05, 0) is 49.2 Å². The smallest absolute Gasteiger partial charge is 0.410 e. The van der Waals surface area contributed by atoms with Crippen LogP contribution in [0.25, 0.3) is 0 Å². The molecule has 1 aromatic heterocycles. The third-order valence-electron chi connectivity index (χ3n) is 5.00. The van der Waals surface area contributed by atoms with E-state index in [2.05, 4.69) is 11.4 Å². The number of para-hydroxylation sites is 1. The van der Waals surface area contributed by atoms with Crippen molar-refractivity contribution in [3.8, 4) is 17.6 Å². The maximum atomic E-state index is 12.9. The van der Waals surface area contributed by atoms with Gasteiger partial charge >= 0.3 is 6.09 Å². The van der Waals surface area contributed by atoms with Crippen LogP contribution in [-0.4, -0.2) is 30.1 Å². The lowest BCUT2D eigenvalue weighted by Gasteiger charge is -2.25. The van der Waals surface area contributed by atoms with Gasteiger partial charge < -0.3 is 19.7 Å². The van der Waals surface area contributed by atoms with Crippen LogP contribution in [0, 0.1) is 11.3 Å². The number of anilines is 1. The van der Waals surface area contributed by atoms with Crippen LogP contribution >= 0.6 is 11.3 Å². The van der Waals surface area contributed by atoms with E-state index in [4.69, 9.17) is 9.47 Å². The molecule has 2 aromatic carbocycles. The largest absolute Gasteiger partial charge is 0.457 e. The van der Waals surface area contributed by atoms with Crippen molar-refractivity contribution in [2.24, 2.45) is 0 Å². The number of amides is 2. The minimum atomic E-state index is -0.370. The molecule has 1 N–H and O–H groups in total. The maximum Gasteiger partial charge on any atom is 0.410 e. The van der Waals surface area contributed by atoms with E-state index in [9.17, 15) is 14.9 Å². The number of fused-ring (bicyclic) bond motifs is 1. The topological polar surface area (TPSA) is 91.7 Å². The summed E-state index contributed by atoms with van der Waals surface area (Å²) in [7, 11) is 0. The van der Waals surface area contributed by atoms with Crippen molar-refractivity contribution in [2.45, 2.75) is 19.9 Å². The van der Waals surface area contributed by atoms with Gasteiger partial charge in [-0.3, -0.25) is 4.79 Å². The van der Waals surface area contributed by atoms with Crippen molar-refractivity contribution >= 4 is 28.3 Å². The molecule has 1 aliphatic rings. The number of carbonyl (C=O) groups is 2. The van der Waals surface area contributed by atoms with Gasteiger partial charge in [-0.2, -0.15) is 5.26 Å². The molecule has 4 rings (SSSR count). The molecular formula is C24H21N3O4S. The highest BCUT2D eigenvalue weighted by Gasteiger charge is 2.28. The zero-order valence-corrected chi connectivity index (χ0v) is 18.3. The molecule has 2 amide bonds. The molecule has 3 aromatic rings. The van der Waals surface area contributed by atoms with Gasteiger partial charge in [-0.15, -0.1) is 11.3 Å². The number of hydrogen-bond acceptors (Lipinski definition) is 6. The third kappa shape index (κ3) is 4.58. The fraction of sp³-hybridized carbons (Fsp3) is 0.208. The Morgan fingerprint density at radius 2 is 1.94 bits per heavy atom. The molecule has 0 saturated heterocycles. The molecule has 1 aliphatic heterocycles. The SMILES string of the molecule is CCOC(=O)N1CCc2c(sc(NC(=O)c3cccc(Oc4ccccc4)c3)c2C#N)C1. The minimum Gasteiger partial charge on any atom is -0.457 e. The lowest BCUT2D eigenvalue weighted by Crippen LogP contribution is -2.35. The minimum absolute atomic E-state index is 0.310. The number of nitrogens with zero attached hydrogens (tertiary/aromatic N) is 2. The molecule has 0 bridgehead atoms. The predicted molar refractivity (Wildman–Crippen MR) is 121 cm³/mol. The van der Waals surface area contributed by atoms with Crippen LogP contribution in [0.15, 0.2) is 54.6 Å². The average molecular weight is 448 g/mol. The number of nitriles is 1. The number of benzene rings is 2. The highest BCUT2D eigenvalue weighted by atomic mass is 32.1. The van der Waals surface area contributed by atoms with Gasteiger partial charge in [0.1, 0.15) is 22.6 Å². The van der Waals surface area contributed by atoms with E-state index in [0.717, 1.165) is 10.4 Å². The van der Waals surface area contributed by atoms with Gasteiger partial charge in [-0.1, -0.05) is 24.3 Å². The summed E-state index contributed by atoms with van der Waals surface area (Å²) in [4.78, 5) is 27.5. The second kappa shape index (κ2) is 9.54. The summed E-state index contributed by atoms with van der Waals surface area (Å²) in [5.74, 6) is 0.884. The molecule has 7 nitrogen and oxygen atoms in total. The van der Waals surface area contributed by atoms with E-state index < -0.39 is 0 Å². The number of hydrogen-bond donors (Lipinski definition) is 1. The van der Waals surface area contributed by atoms with E-state index >= 15 is 0 Å². The maximum absolute atomic E-state index is 12.9. The molecule has 0 atom stereocenters. The fourth-order valence-electron chi connectivity index (χ4n) is 3.48. The van der Waals surface area contributed by atoms with Crippen LogP contribution in [0.1, 0.15) is 33.3 Å². The Balaban J connectivity index is 1.51. The second-order valence-electron chi connectivity index (χ2n) is 7.09. The summed E-state index contributed by atoms with van der Waals surface area (Å²) in [6, 6.07) is 18.4. The zero-order valence-electron chi connectivity index (χ0n) is 17.5. The second-order valence-corrected chi connectivity index (χ2v) is 8.19.